The Hall–Kier alpha value is 0.00740. The standard InChI is InChI=1S/3C2H4O2.3Al/c3*1-2(3)4;;;/h3*1H3,(H,3,4);;;/q;;;3*+3/p-3. The fourth-order valence-electron chi connectivity index (χ4n) is 0. The number of carboxylic acids is 3. The quantitative estimate of drug-likeness (QED) is 0.402. The van der Waals surface area contributed by atoms with Gasteiger partial charge in [0.1, 0.15) is 0 Å². The summed E-state index contributed by atoms with van der Waals surface area (Å²) in [6.07, 6.45) is 0. The van der Waals surface area contributed by atoms with Gasteiger partial charge in [-0.25, -0.2) is 0 Å². The van der Waals surface area contributed by atoms with Gasteiger partial charge in [-0.3, -0.25) is 0 Å². The molecular weight excluding hydrogens is 249 g/mol. The molecular formula is C6H9Al3O6+6. The van der Waals surface area contributed by atoms with Crippen LogP contribution in [0.3, 0.4) is 0 Å². The number of carbonyl (C=O) groups is 3. The molecule has 0 atom stereocenters. The topological polar surface area (TPSA) is 120 Å². The SMILES string of the molecule is CC(=O)[O-].CC(=O)[O-].CC(=O)[O-].[Al+3].[Al+3].[Al+3]. The Bertz CT molecular complexity index is 120. The zero-order valence-electron chi connectivity index (χ0n) is 8.68. The maximum atomic E-state index is 8.89. The third-order valence-corrected chi connectivity index (χ3v) is 0. The second-order valence-corrected chi connectivity index (χ2v) is 1.47. The summed E-state index contributed by atoms with van der Waals surface area (Å²) in [7, 11) is 0. The van der Waals surface area contributed by atoms with Crippen LogP contribution in [-0.2, 0) is 14.4 Å². The van der Waals surface area contributed by atoms with Gasteiger partial charge in [-0.15, -0.1) is 0 Å². The molecule has 0 aromatic heterocycles. The molecule has 0 spiro atoms. The molecule has 0 aliphatic heterocycles. The van der Waals surface area contributed by atoms with Crippen LogP contribution < -0.4 is 15.3 Å². The van der Waals surface area contributed by atoms with E-state index in [0.29, 0.717) is 0 Å². The van der Waals surface area contributed by atoms with Crippen LogP contribution >= 0.6 is 0 Å². The molecule has 0 amide bonds. The summed E-state index contributed by atoms with van der Waals surface area (Å²) in [6.45, 7) is 2.92. The van der Waals surface area contributed by atoms with E-state index in [1.807, 2.05) is 0 Å². The first-order valence-electron chi connectivity index (χ1n) is 2.72. The zero-order valence-corrected chi connectivity index (χ0v) is 12.1. The smallest absolute Gasteiger partial charge is 0.550 e. The van der Waals surface area contributed by atoms with Crippen molar-refractivity contribution in [1.82, 2.24) is 0 Å². The summed E-state index contributed by atoms with van der Waals surface area (Å²) < 4.78 is 0. The molecule has 0 unspecified atom stereocenters. The number of rotatable bonds is 0. The van der Waals surface area contributed by atoms with Crippen molar-refractivity contribution < 1.29 is 29.7 Å². The van der Waals surface area contributed by atoms with E-state index in [1.54, 1.807) is 0 Å². The molecule has 0 fully saturated rings. The van der Waals surface area contributed by atoms with E-state index < -0.39 is 17.9 Å². The first-order valence-corrected chi connectivity index (χ1v) is 2.72. The second-order valence-electron chi connectivity index (χ2n) is 1.47. The average Bonchev–Trinajstić information content (AvgIpc) is 1.54. The van der Waals surface area contributed by atoms with Gasteiger partial charge in [-0.2, -0.15) is 0 Å². The van der Waals surface area contributed by atoms with Gasteiger partial charge < -0.3 is 29.7 Å². The minimum atomic E-state index is -1.08. The Balaban J connectivity index is -0.0000000184. The summed E-state index contributed by atoms with van der Waals surface area (Å²) in [5.74, 6) is -3.25. The Morgan fingerprint density at radius 3 is 0.600 bits per heavy atom. The van der Waals surface area contributed by atoms with Crippen molar-refractivity contribution >= 4 is 70.0 Å². The van der Waals surface area contributed by atoms with Crippen molar-refractivity contribution in [3.05, 3.63) is 0 Å². The molecule has 0 bridgehead atoms. The normalized spacial score (nSPS) is 5.00. The minimum Gasteiger partial charge on any atom is -0.550 e. The van der Waals surface area contributed by atoms with E-state index in [-0.39, 0.29) is 52.1 Å². The third kappa shape index (κ3) is 36900000. The molecule has 0 heterocycles. The fourth-order valence-corrected chi connectivity index (χ4v) is 0. The molecule has 9 heteroatoms. The van der Waals surface area contributed by atoms with Crippen molar-refractivity contribution in [2.24, 2.45) is 0 Å². The molecule has 6 nitrogen and oxygen atoms in total. The second kappa shape index (κ2) is 29.2. The van der Waals surface area contributed by atoms with Gasteiger partial charge in [-0.05, 0) is 20.8 Å². The summed E-state index contributed by atoms with van der Waals surface area (Å²) >= 11 is 0. The van der Waals surface area contributed by atoms with Crippen molar-refractivity contribution in [3.8, 4) is 0 Å². The van der Waals surface area contributed by atoms with Gasteiger partial charge in [0.15, 0.2) is 0 Å². The molecule has 0 aliphatic rings. The van der Waals surface area contributed by atoms with Gasteiger partial charge in [0.2, 0.25) is 0 Å². The predicted octanol–water partition coefficient (Wildman–Crippen LogP) is -4.87. The van der Waals surface area contributed by atoms with E-state index in [1.165, 1.54) is 0 Å². The van der Waals surface area contributed by atoms with Crippen LogP contribution in [0.15, 0.2) is 0 Å². The summed E-state index contributed by atoms with van der Waals surface area (Å²) in [5, 5.41) is 26.7. The monoisotopic (exact) mass is 258 g/mol. The minimum absolute atomic E-state index is 0. The summed E-state index contributed by atoms with van der Waals surface area (Å²) in [6, 6.07) is 0. The molecule has 0 N–H and O–H groups in total. The van der Waals surface area contributed by atoms with Crippen LogP contribution in [-0.4, -0.2) is 70.0 Å². The summed E-state index contributed by atoms with van der Waals surface area (Å²) in [5.41, 5.74) is 0. The van der Waals surface area contributed by atoms with Gasteiger partial charge in [-0.1, -0.05) is 0 Å². The van der Waals surface area contributed by atoms with Crippen molar-refractivity contribution in [2.45, 2.75) is 20.8 Å². The Labute approximate surface area is 120 Å². The predicted molar refractivity (Wildman–Crippen MR) is 49.3 cm³/mol. The first-order chi connectivity index (χ1) is 5.20. The van der Waals surface area contributed by atoms with Crippen LogP contribution in [0.4, 0.5) is 0 Å². The largest absolute Gasteiger partial charge is 3.00 e. The van der Waals surface area contributed by atoms with Gasteiger partial charge >= 0.3 is 52.1 Å². The maximum absolute atomic E-state index is 8.89. The molecule has 0 aromatic carbocycles. The van der Waals surface area contributed by atoms with Crippen molar-refractivity contribution in [1.29, 1.82) is 0 Å². The molecule has 0 saturated carbocycles. The number of carboxylic acid groups (broad SMARTS) is 3. The van der Waals surface area contributed by atoms with Crippen LogP contribution in [0, 0.1) is 0 Å². The van der Waals surface area contributed by atoms with Crippen LogP contribution in [0.2, 0.25) is 0 Å². The Morgan fingerprint density at radius 1 is 0.600 bits per heavy atom. The van der Waals surface area contributed by atoms with Crippen LogP contribution in [0.1, 0.15) is 20.8 Å². The molecule has 0 aromatic rings. The van der Waals surface area contributed by atoms with Crippen LogP contribution in [0.25, 0.3) is 0 Å². The van der Waals surface area contributed by atoms with Gasteiger partial charge in [0.05, 0.1) is 0 Å². The molecule has 15 heavy (non-hydrogen) atoms. The summed E-state index contributed by atoms with van der Waals surface area (Å²) in [4.78, 5) is 26.7. The first kappa shape index (κ1) is 36.3. The number of carbonyl (C=O) groups excluding carboxylic acids is 3. The number of aliphatic carboxylic acids is 3. The molecule has 0 aliphatic carbocycles. The van der Waals surface area contributed by atoms with E-state index in [2.05, 4.69) is 0 Å². The van der Waals surface area contributed by atoms with Crippen LogP contribution in [0.5, 0.6) is 0 Å². The zero-order chi connectivity index (χ0) is 10.7. The molecule has 0 saturated heterocycles. The average molecular weight is 258 g/mol. The van der Waals surface area contributed by atoms with E-state index in [0.717, 1.165) is 20.8 Å². The molecule has 0 radical (unpaired) electrons. The van der Waals surface area contributed by atoms with E-state index in [9.17, 15) is 0 Å². The number of hydrogen-bond donors (Lipinski definition) is 0. The van der Waals surface area contributed by atoms with Crippen molar-refractivity contribution in [3.63, 3.8) is 0 Å². The Kier molecular flexibility index (Phi) is 70.7. The van der Waals surface area contributed by atoms with Crippen molar-refractivity contribution in [2.75, 3.05) is 0 Å². The number of hydrogen-bond acceptors (Lipinski definition) is 6. The fraction of sp³-hybridized carbons (Fsp3) is 0.500. The third-order valence-electron chi connectivity index (χ3n) is 0. The Morgan fingerprint density at radius 2 is 0.600 bits per heavy atom. The van der Waals surface area contributed by atoms with E-state index in [4.69, 9.17) is 29.7 Å². The van der Waals surface area contributed by atoms with Gasteiger partial charge in [0, 0.05) is 17.9 Å². The van der Waals surface area contributed by atoms with Gasteiger partial charge in [0.25, 0.3) is 0 Å². The van der Waals surface area contributed by atoms with E-state index >= 15 is 0 Å². The molecule has 72 valence electrons. The maximum Gasteiger partial charge on any atom is 3.00 e. The molecule has 0 rings (SSSR count).